The Morgan fingerprint density at radius 1 is 1.07 bits per heavy atom. The monoisotopic (exact) mass is 394 g/mol. The van der Waals surface area contributed by atoms with E-state index in [-0.39, 0.29) is 29.8 Å². The molecule has 1 aliphatic heterocycles. The molecule has 0 saturated carbocycles. The van der Waals surface area contributed by atoms with Gasteiger partial charge in [-0.2, -0.15) is 0 Å². The van der Waals surface area contributed by atoms with Crippen LogP contribution in [0.1, 0.15) is 70.3 Å². The van der Waals surface area contributed by atoms with Crippen LogP contribution in [0.2, 0.25) is 0 Å². The van der Waals surface area contributed by atoms with Crippen LogP contribution in [-0.4, -0.2) is 35.3 Å². The first-order valence-electron chi connectivity index (χ1n) is 9.72. The predicted molar refractivity (Wildman–Crippen MR) is 110 cm³/mol. The largest absolute Gasteiger partial charge is 0.496 e. The molecule has 6 nitrogen and oxygen atoms in total. The van der Waals surface area contributed by atoms with Gasteiger partial charge in [0, 0.05) is 5.54 Å². The maximum absolute atomic E-state index is 12.9. The lowest BCUT2D eigenvalue weighted by atomic mass is 9.98. The van der Waals surface area contributed by atoms with E-state index in [1.807, 2.05) is 13.8 Å². The van der Waals surface area contributed by atoms with Crippen molar-refractivity contribution in [2.75, 3.05) is 7.11 Å². The topological polar surface area (TPSA) is 75.7 Å². The van der Waals surface area contributed by atoms with Gasteiger partial charge in [0.25, 0.3) is 17.7 Å². The van der Waals surface area contributed by atoms with E-state index in [1.54, 1.807) is 42.5 Å². The molecule has 29 heavy (non-hydrogen) atoms. The van der Waals surface area contributed by atoms with Crippen molar-refractivity contribution in [1.82, 2.24) is 10.2 Å². The summed E-state index contributed by atoms with van der Waals surface area (Å²) in [7, 11) is 1.51. The molecule has 3 rings (SSSR count). The summed E-state index contributed by atoms with van der Waals surface area (Å²) in [6.45, 7) is 6.11. The van der Waals surface area contributed by atoms with E-state index in [4.69, 9.17) is 4.74 Å². The number of carbonyl (C=O) groups excluding carboxylic acids is 3. The molecule has 0 radical (unpaired) electrons. The third kappa shape index (κ3) is 4.16. The quantitative estimate of drug-likeness (QED) is 0.725. The molecule has 0 aromatic heterocycles. The molecule has 1 aliphatic rings. The summed E-state index contributed by atoms with van der Waals surface area (Å²) in [5, 5.41) is 3.03. The summed E-state index contributed by atoms with van der Waals surface area (Å²) in [6.07, 6.45) is 1.79. The van der Waals surface area contributed by atoms with E-state index in [1.165, 1.54) is 12.0 Å². The summed E-state index contributed by atoms with van der Waals surface area (Å²) in [5.74, 6) is -0.446. The lowest BCUT2D eigenvalue weighted by Crippen LogP contribution is -2.43. The molecule has 0 unspecified atom stereocenters. The minimum absolute atomic E-state index is 0.0922. The zero-order valence-corrected chi connectivity index (χ0v) is 17.2. The predicted octanol–water partition coefficient (Wildman–Crippen LogP) is 3.80. The minimum Gasteiger partial charge on any atom is -0.496 e. The number of nitrogens with zero attached hydrogens (tertiary/aromatic N) is 1. The Morgan fingerprint density at radius 2 is 1.69 bits per heavy atom. The fraction of sp³-hybridized carbons (Fsp3) is 0.348. The highest BCUT2D eigenvalue weighted by molar-refractivity contribution is 6.21. The van der Waals surface area contributed by atoms with Gasteiger partial charge in [-0.05, 0) is 50.1 Å². The second-order valence-electron chi connectivity index (χ2n) is 7.86. The lowest BCUT2D eigenvalue weighted by Gasteiger charge is -2.26. The zero-order valence-electron chi connectivity index (χ0n) is 17.2. The van der Waals surface area contributed by atoms with E-state index < -0.39 is 0 Å². The van der Waals surface area contributed by atoms with E-state index >= 15 is 0 Å². The Bertz CT molecular complexity index is 930. The van der Waals surface area contributed by atoms with Gasteiger partial charge in [-0.25, -0.2) is 0 Å². The van der Waals surface area contributed by atoms with Gasteiger partial charge >= 0.3 is 0 Å². The van der Waals surface area contributed by atoms with Crippen LogP contribution >= 0.6 is 0 Å². The molecule has 0 fully saturated rings. The van der Waals surface area contributed by atoms with Crippen LogP contribution in [0.15, 0.2) is 42.5 Å². The highest BCUT2D eigenvalue weighted by atomic mass is 16.5. The summed E-state index contributed by atoms with van der Waals surface area (Å²) in [6, 6.07) is 11.9. The van der Waals surface area contributed by atoms with Gasteiger partial charge in [0.05, 0.1) is 30.3 Å². The number of methoxy groups -OCH3 is 1. The lowest BCUT2D eigenvalue weighted by molar-refractivity contribution is 0.0642. The average Bonchev–Trinajstić information content (AvgIpc) is 2.92. The van der Waals surface area contributed by atoms with Gasteiger partial charge in [0.1, 0.15) is 5.75 Å². The Morgan fingerprint density at radius 3 is 2.24 bits per heavy atom. The molecule has 2 aromatic rings. The molecule has 0 bridgehead atoms. The first kappa shape index (κ1) is 20.6. The molecule has 0 aliphatic carbocycles. The summed E-state index contributed by atoms with van der Waals surface area (Å²) >= 11 is 0. The summed E-state index contributed by atoms with van der Waals surface area (Å²) < 4.78 is 5.35. The fourth-order valence-electron chi connectivity index (χ4n) is 3.66. The van der Waals surface area contributed by atoms with E-state index in [9.17, 15) is 14.4 Å². The highest BCUT2D eigenvalue weighted by Crippen LogP contribution is 2.27. The number of ether oxygens (including phenoxy) is 1. The fourth-order valence-corrected chi connectivity index (χ4v) is 3.66. The molecule has 3 amide bonds. The van der Waals surface area contributed by atoms with Gasteiger partial charge in [-0.1, -0.05) is 31.5 Å². The van der Waals surface area contributed by atoms with Gasteiger partial charge in [0.15, 0.2) is 0 Å². The highest BCUT2D eigenvalue weighted by Gasteiger charge is 2.35. The number of hydrogen-bond donors (Lipinski definition) is 1. The maximum atomic E-state index is 12.9. The molecule has 152 valence electrons. The van der Waals surface area contributed by atoms with E-state index in [2.05, 4.69) is 12.2 Å². The van der Waals surface area contributed by atoms with Crippen LogP contribution in [0.5, 0.6) is 5.75 Å². The van der Waals surface area contributed by atoms with Gasteiger partial charge in [-0.15, -0.1) is 0 Å². The molecule has 0 spiro atoms. The van der Waals surface area contributed by atoms with E-state index in [0.29, 0.717) is 28.0 Å². The standard InChI is InChI=1S/C23H26N2O4/c1-5-12-23(2,3)24-20(26)18-13-15(10-11-19(18)29-4)14-25-21(27)16-8-6-7-9-17(16)22(25)28/h6-11,13H,5,12,14H2,1-4H3,(H,24,26). The number of nitrogens with one attached hydrogen (secondary N) is 1. The number of fused-ring (bicyclic) bond motifs is 1. The average molecular weight is 394 g/mol. The van der Waals surface area contributed by atoms with Crippen LogP contribution in [-0.2, 0) is 6.54 Å². The van der Waals surface area contributed by atoms with Crippen molar-refractivity contribution >= 4 is 17.7 Å². The van der Waals surface area contributed by atoms with Crippen molar-refractivity contribution in [3.8, 4) is 5.75 Å². The number of imide groups is 1. The minimum atomic E-state index is -0.352. The number of amides is 3. The smallest absolute Gasteiger partial charge is 0.261 e. The van der Waals surface area contributed by atoms with Crippen molar-refractivity contribution in [2.45, 2.75) is 45.7 Å². The van der Waals surface area contributed by atoms with Crippen molar-refractivity contribution in [3.63, 3.8) is 0 Å². The Labute approximate surface area is 170 Å². The molecule has 2 aromatic carbocycles. The zero-order chi connectivity index (χ0) is 21.2. The number of hydrogen-bond acceptors (Lipinski definition) is 4. The number of rotatable bonds is 7. The second-order valence-corrected chi connectivity index (χ2v) is 7.86. The third-order valence-corrected chi connectivity index (χ3v) is 5.05. The summed E-state index contributed by atoms with van der Waals surface area (Å²) in [5.41, 5.74) is 1.52. The van der Waals surface area contributed by atoms with Crippen molar-refractivity contribution in [3.05, 3.63) is 64.7 Å². The van der Waals surface area contributed by atoms with Crippen molar-refractivity contribution in [1.29, 1.82) is 0 Å². The Balaban J connectivity index is 1.85. The second kappa shape index (κ2) is 8.07. The van der Waals surface area contributed by atoms with Crippen LogP contribution in [0.4, 0.5) is 0 Å². The first-order valence-corrected chi connectivity index (χ1v) is 9.72. The SMILES string of the molecule is CCCC(C)(C)NC(=O)c1cc(CN2C(=O)c3ccccc3C2=O)ccc1OC. The molecule has 1 heterocycles. The van der Waals surface area contributed by atoms with Crippen LogP contribution in [0, 0.1) is 0 Å². The number of benzene rings is 2. The van der Waals surface area contributed by atoms with Crippen LogP contribution in [0.3, 0.4) is 0 Å². The molecule has 6 heteroatoms. The van der Waals surface area contributed by atoms with Crippen LogP contribution in [0.25, 0.3) is 0 Å². The van der Waals surface area contributed by atoms with Gasteiger partial charge < -0.3 is 10.1 Å². The molecular formula is C23H26N2O4. The van der Waals surface area contributed by atoms with Crippen molar-refractivity contribution < 1.29 is 19.1 Å². The Kier molecular flexibility index (Phi) is 5.73. The molecule has 0 atom stereocenters. The maximum Gasteiger partial charge on any atom is 0.261 e. The molecule has 1 N–H and O–H groups in total. The normalized spacial score (nSPS) is 13.4. The van der Waals surface area contributed by atoms with Gasteiger partial charge in [0.2, 0.25) is 0 Å². The van der Waals surface area contributed by atoms with Crippen LogP contribution < -0.4 is 10.1 Å². The van der Waals surface area contributed by atoms with E-state index in [0.717, 1.165) is 12.8 Å². The van der Waals surface area contributed by atoms with Crippen molar-refractivity contribution in [2.24, 2.45) is 0 Å². The molecular weight excluding hydrogens is 368 g/mol. The Hall–Kier alpha value is -3.15. The summed E-state index contributed by atoms with van der Waals surface area (Å²) in [4.78, 5) is 39.3. The third-order valence-electron chi connectivity index (χ3n) is 5.05. The first-order chi connectivity index (χ1) is 13.8. The van der Waals surface area contributed by atoms with Gasteiger partial charge in [-0.3, -0.25) is 19.3 Å². The number of carbonyl (C=O) groups is 3. The molecule has 0 saturated heterocycles.